The van der Waals surface area contributed by atoms with Crippen molar-refractivity contribution in [3.8, 4) is 0 Å². The third-order valence-electron chi connectivity index (χ3n) is 6.17. The molecule has 0 saturated heterocycles. The second-order valence-electron chi connectivity index (χ2n) is 9.31. The van der Waals surface area contributed by atoms with Gasteiger partial charge in [0.15, 0.2) is 0 Å². The van der Waals surface area contributed by atoms with Crippen LogP contribution in [0.4, 0.5) is 0 Å². The summed E-state index contributed by atoms with van der Waals surface area (Å²) < 4.78 is 0. The maximum Gasteiger partial charge on any atom is 0.222 e. The number of carbonyl (C=O) groups excluding carboxylic acids is 1. The number of unbranched alkanes of at least 4 members (excludes halogenated alkanes) is 14. The van der Waals surface area contributed by atoms with Crippen molar-refractivity contribution in [1.29, 1.82) is 0 Å². The second kappa shape index (κ2) is 22.5. The molecule has 0 aromatic heterocycles. The summed E-state index contributed by atoms with van der Waals surface area (Å²) in [5.41, 5.74) is 0. The zero-order valence-electron chi connectivity index (χ0n) is 20.6. The lowest BCUT2D eigenvalue weighted by Gasteiger charge is -2.23. The molecular weight excluding hydrogens is 390 g/mol. The molecule has 0 heterocycles. The molecule has 0 bridgehead atoms. The van der Waals surface area contributed by atoms with Gasteiger partial charge in [-0.2, -0.15) is 0 Å². The van der Waals surface area contributed by atoms with Gasteiger partial charge in [-0.1, -0.05) is 117 Å². The van der Waals surface area contributed by atoms with Gasteiger partial charge in [0.25, 0.3) is 0 Å². The molecule has 31 heavy (non-hydrogen) atoms. The molecule has 0 unspecified atom stereocenters. The van der Waals surface area contributed by atoms with Crippen LogP contribution in [0.2, 0.25) is 0 Å². The lowest BCUT2D eigenvalue weighted by atomic mass is 10.0. The van der Waals surface area contributed by atoms with E-state index in [9.17, 15) is 20.1 Å². The summed E-state index contributed by atoms with van der Waals surface area (Å²) in [6.07, 6.45) is 19.5. The van der Waals surface area contributed by atoms with Crippen LogP contribution in [0.3, 0.4) is 0 Å². The third kappa shape index (κ3) is 19.7. The summed E-state index contributed by atoms with van der Waals surface area (Å²) in [6.45, 7) is 4.08. The Hall–Kier alpha value is -0.650. The molecule has 5 nitrogen and oxygen atoms in total. The van der Waals surface area contributed by atoms with E-state index in [0.29, 0.717) is 12.8 Å². The summed E-state index contributed by atoms with van der Waals surface area (Å²) in [5, 5.41) is 32.4. The van der Waals surface area contributed by atoms with Gasteiger partial charge in [0.2, 0.25) is 5.91 Å². The fourth-order valence-electron chi connectivity index (χ4n) is 4.05. The minimum atomic E-state index is -0.737. The fourth-order valence-corrected chi connectivity index (χ4v) is 4.05. The molecule has 4 N–H and O–H groups in total. The number of hydrogen-bond acceptors (Lipinski definition) is 4. The van der Waals surface area contributed by atoms with E-state index in [-0.39, 0.29) is 18.9 Å². The average Bonchev–Trinajstić information content (AvgIpc) is 2.75. The van der Waals surface area contributed by atoms with Crippen LogP contribution in [0.1, 0.15) is 136 Å². The zero-order valence-corrected chi connectivity index (χ0v) is 20.6. The summed E-state index contributed by atoms with van der Waals surface area (Å²) in [5.74, 6) is -0.299. The SMILES string of the molecule is CCCCCCCCCCCCCCC[C@@H](O)[C@H](CO)NC(=O)C[C@H](O)CCCCC. The van der Waals surface area contributed by atoms with Crippen LogP contribution in [0.15, 0.2) is 0 Å². The Balaban J connectivity index is 3.68. The summed E-state index contributed by atoms with van der Waals surface area (Å²) in [4.78, 5) is 12.1. The first kappa shape index (κ1) is 30.4. The zero-order chi connectivity index (χ0) is 23.2. The van der Waals surface area contributed by atoms with E-state index in [2.05, 4.69) is 19.2 Å². The molecule has 1 amide bonds. The monoisotopic (exact) mass is 443 g/mol. The van der Waals surface area contributed by atoms with E-state index in [1.54, 1.807) is 0 Å². The van der Waals surface area contributed by atoms with E-state index in [1.807, 2.05) is 0 Å². The quantitative estimate of drug-likeness (QED) is 0.154. The highest BCUT2D eigenvalue weighted by Crippen LogP contribution is 2.14. The van der Waals surface area contributed by atoms with Gasteiger partial charge in [0, 0.05) is 0 Å². The molecule has 0 aromatic rings. The predicted octanol–water partition coefficient (Wildman–Crippen LogP) is 5.64. The number of aliphatic hydroxyl groups is 3. The molecule has 0 aliphatic heterocycles. The van der Waals surface area contributed by atoms with Crippen LogP contribution in [-0.2, 0) is 4.79 Å². The van der Waals surface area contributed by atoms with Crippen LogP contribution >= 0.6 is 0 Å². The van der Waals surface area contributed by atoms with Crippen LogP contribution in [0.5, 0.6) is 0 Å². The average molecular weight is 444 g/mol. The summed E-state index contributed by atoms with van der Waals surface area (Å²) in [6, 6.07) is -0.646. The van der Waals surface area contributed by atoms with Crippen LogP contribution in [0.25, 0.3) is 0 Å². The molecule has 186 valence electrons. The molecule has 0 aliphatic carbocycles. The van der Waals surface area contributed by atoms with Crippen molar-refractivity contribution in [1.82, 2.24) is 5.32 Å². The first-order valence-corrected chi connectivity index (χ1v) is 13.3. The van der Waals surface area contributed by atoms with E-state index >= 15 is 0 Å². The van der Waals surface area contributed by atoms with Gasteiger partial charge in [-0.3, -0.25) is 4.79 Å². The van der Waals surface area contributed by atoms with Crippen molar-refractivity contribution in [2.75, 3.05) is 6.61 Å². The first-order valence-electron chi connectivity index (χ1n) is 13.3. The highest BCUT2D eigenvalue weighted by atomic mass is 16.3. The van der Waals surface area contributed by atoms with Gasteiger partial charge in [-0.25, -0.2) is 0 Å². The predicted molar refractivity (Wildman–Crippen MR) is 130 cm³/mol. The summed E-state index contributed by atoms with van der Waals surface area (Å²) >= 11 is 0. The Labute approximate surface area is 192 Å². The van der Waals surface area contributed by atoms with Gasteiger partial charge in [0.1, 0.15) is 0 Å². The Morgan fingerprint density at radius 3 is 1.58 bits per heavy atom. The number of amides is 1. The lowest BCUT2D eigenvalue weighted by molar-refractivity contribution is -0.125. The largest absolute Gasteiger partial charge is 0.394 e. The Kier molecular flexibility index (Phi) is 22.1. The smallest absolute Gasteiger partial charge is 0.222 e. The Bertz CT molecular complexity index is 392. The number of hydrogen-bond donors (Lipinski definition) is 4. The minimum absolute atomic E-state index is 0.0334. The van der Waals surface area contributed by atoms with Gasteiger partial charge >= 0.3 is 0 Å². The number of rotatable bonds is 23. The summed E-state index contributed by atoms with van der Waals surface area (Å²) in [7, 11) is 0. The van der Waals surface area contributed by atoms with E-state index in [0.717, 1.165) is 32.1 Å². The van der Waals surface area contributed by atoms with Gasteiger partial charge in [-0.05, 0) is 12.8 Å². The number of aliphatic hydroxyl groups excluding tert-OH is 3. The van der Waals surface area contributed by atoms with Crippen molar-refractivity contribution in [3.05, 3.63) is 0 Å². The van der Waals surface area contributed by atoms with Gasteiger partial charge in [0.05, 0.1) is 31.3 Å². The molecule has 0 fully saturated rings. The molecule has 0 aromatic carbocycles. The fraction of sp³-hybridized carbons (Fsp3) is 0.962. The second-order valence-corrected chi connectivity index (χ2v) is 9.31. The molecule has 0 saturated carbocycles. The third-order valence-corrected chi connectivity index (χ3v) is 6.17. The van der Waals surface area contributed by atoms with E-state index in [4.69, 9.17) is 0 Å². The Morgan fingerprint density at radius 2 is 1.10 bits per heavy atom. The van der Waals surface area contributed by atoms with E-state index < -0.39 is 18.2 Å². The minimum Gasteiger partial charge on any atom is -0.394 e. The van der Waals surface area contributed by atoms with Crippen LogP contribution in [0, 0.1) is 0 Å². The normalized spacial score (nSPS) is 14.4. The first-order chi connectivity index (χ1) is 15.0. The van der Waals surface area contributed by atoms with Crippen molar-refractivity contribution < 1.29 is 20.1 Å². The number of nitrogens with one attached hydrogen (secondary N) is 1. The van der Waals surface area contributed by atoms with Crippen molar-refractivity contribution in [2.45, 2.75) is 154 Å². The van der Waals surface area contributed by atoms with Gasteiger partial charge < -0.3 is 20.6 Å². The molecular formula is C26H53NO4. The maximum absolute atomic E-state index is 12.1. The highest BCUT2D eigenvalue weighted by molar-refractivity contribution is 5.76. The Morgan fingerprint density at radius 1 is 0.677 bits per heavy atom. The number of carbonyl (C=O) groups is 1. The molecule has 3 atom stereocenters. The molecule has 0 aliphatic rings. The maximum atomic E-state index is 12.1. The van der Waals surface area contributed by atoms with Crippen LogP contribution < -0.4 is 5.32 Å². The van der Waals surface area contributed by atoms with Gasteiger partial charge in [-0.15, -0.1) is 0 Å². The van der Waals surface area contributed by atoms with Crippen molar-refractivity contribution in [3.63, 3.8) is 0 Å². The molecule has 0 spiro atoms. The molecule has 0 radical (unpaired) electrons. The van der Waals surface area contributed by atoms with Crippen LogP contribution in [-0.4, -0.2) is 46.1 Å². The standard InChI is InChI=1S/C26H53NO4/c1-3-5-7-8-9-10-11-12-13-14-15-16-18-20-25(30)24(22-28)27-26(31)21-23(29)19-17-6-4-2/h23-25,28-30H,3-22H2,1-2H3,(H,27,31)/t23-,24+,25-/m1/s1. The van der Waals surface area contributed by atoms with Crippen molar-refractivity contribution in [2.24, 2.45) is 0 Å². The highest BCUT2D eigenvalue weighted by Gasteiger charge is 2.21. The van der Waals surface area contributed by atoms with Crippen molar-refractivity contribution >= 4 is 5.91 Å². The molecule has 0 rings (SSSR count). The van der Waals surface area contributed by atoms with E-state index in [1.165, 1.54) is 70.6 Å². The lowest BCUT2D eigenvalue weighted by Crippen LogP contribution is -2.46. The topological polar surface area (TPSA) is 89.8 Å². The molecule has 5 heteroatoms.